The number of hydrogen-bond acceptors (Lipinski definition) is 4. The highest BCUT2D eigenvalue weighted by molar-refractivity contribution is 7.71. The van der Waals surface area contributed by atoms with Crippen LogP contribution in [0.5, 0.6) is 0 Å². The fourth-order valence-electron chi connectivity index (χ4n) is 1.52. The quantitative estimate of drug-likeness (QED) is 0.504. The van der Waals surface area contributed by atoms with Crippen LogP contribution < -0.4 is 0 Å². The number of nitro benzene ring substituents is 1. The molecule has 0 aliphatic rings. The summed E-state index contributed by atoms with van der Waals surface area (Å²) >= 11 is 4.97. The largest absolute Gasteiger partial charge is 0.280 e. The van der Waals surface area contributed by atoms with Crippen molar-refractivity contribution in [1.29, 1.82) is 0 Å². The van der Waals surface area contributed by atoms with Crippen molar-refractivity contribution in [3.05, 3.63) is 38.6 Å². The minimum absolute atomic E-state index is 0.0138. The predicted molar refractivity (Wildman–Crippen MR) is 65.2 cm³/mol. The smallest absolute Gasteiger partial charge is 0.279 e. The Bertz CT molecular complexity index is 644. The van der Waals surface area contributed by atoms with Crippen molar-refractivity contribution in [2.75, 3.05) is 0 Å². The number of nitro groups is 1. The lowest BCUT2D eigenvalue weighted by molar-refractivity contribution is -0.384. The molecular weight excluding hydrogens is 240 g/mol. The molecule has 0 saturated carbocycles. The van der Waals surface area contributed by atoms with Crippen LogP contribution in [0.15, 0.2) is 18.2 Å². The van der Waals surface area contributed by atoms with Crippen LogP contribution >= 0.6 is 12.2 Å². The van der Waals surface area contributed by atoms with Gasteiger partial charge >= 0.3 is 0 Å². The normalized spacial score (nSPS) is 10.5. The summed E-state index contributed by atoms with van der Waals surface area (Å²) in [5.74, 6) is 0.410. The van der Waals surface area contributed by atoms with Gasteiger partial charge in [-0.25, -0.2) is 0 Å². The van der Waals surface area contributed by atoms with Crippen LogP contribution in [0.1, 0.15) is 5.56 Å². The van der Waals surface area contributed by atoms with Gasteiger partial charge in [0.25, 0.3) is 5.69 Å². The van der Waals surface area contributed by atoms with E-state index in [0.717, 1.165) is 5.56 Å². The molecule has 2 rings (SSSR count). The van der Waals surface area contributed by atoms with Crippen molar-refractivity contribution in [1.82, 2.24) is 14.8 Å². The van der Waals surface area contributed by atoms with E-state index in [0.29, 0.717) is 16.2 Å². The van der Waals surface area contributed by atoms with E-state index in [-0.39, 0.29) is 5.69 Å². The molecule has 2 aromatic rings. The highest BCUT2D eigenvalue weighted by Crippen LogP contribution is 2.28. The van der Waals surface area contributed by atoms with E-state index in [2.05, 4.69) is 10.1 Å². The van der Waals surface area contributed by atoms with Crippen LogP contribution in [0.3, 0.4) is 0 Å². The second-order valence-corrected chi connectivity index (χ2v) is 4.06. The number of aromatic nitrogens is 3. The summed E-state index contributed by atoms with van der Waals surface area (Å²) < 4.78 is 1.90. The number of aromatic amines is 1. The van der Waals surface area contributed by atoms with E-state index < -0.39 is 4.92 Å². The molecule has 1 heterocycles. The molecule has 0 spiro atoms. The summed E-state index contributed by atoms with van der Waals surface area (Å²) in [4.78, 5) is 14.6. The summed E-state index contributed by atoms with van der Waals surface area (Å²) in [6, 6.07) is 4.88. The maximum atomic E-state index is 10.9. The fourth-order valence-corrected chi connectivity index (χ4v) is 1.66. The highest BCUT2D eigenvalue weighted by atomic mass is 32.1. The Morgan fingerprint density at radius 2 is 2.24 bits per heavy atom. The van der Waals surface area contributed by atoms with Gasteiger partial charge in [0.2, 0.25) is 4.77 Å². The summed E-state index contributed by atoms with van der Waals surface area (Å²) in [5, 5.41) is 13.8. The second-order valence-electron chi connectivity index (χ2n) is 3.69. The van der Waals surface area contributed by atoms with Crippen molar-refractivity contribution in [3.8, 4) is 11.4 Å². The Hall–Kier alpha value is -2.02. The Labute approximate surface area is 102 Å². The molecular formula is C10H10N4O2S. The number of hydrogen-bond donors (Lipinski definition) is 1. The van der Waals surface area contributed by atoms with Gasteiger partial charge in [-0.15, -0.1) is 0 Å². The van der Waals surface area contributed by atoms with Crippen LogP contribution in [-0.2, 0) is 7.05 Å². The summed E-state index contributed by atoms with van der Waals surface area (Å²) in [5.41, 5.74) is 1.39. The molecule has 1 N–H and O–H groups in total. The van der Waals surface area contributed by atoms with Gasteiger partial charge in [-0.1, -0.05) is 6.07 Å². The standard InChI is InChI=1S/C10H10N4O2S/c1-6-3-4-8(14(15)16)7(5-6)9-11-10(17)13(2)12-9/h3-5H,1-2H3,(H,11,12,17). The lowest BCUT2D eigenvalue weighted by atomic mass is 10.1. The molecule has 0 radical (unpaired) electrons. The Morgan fingerprint density at radius 3 is 2.76 bits per heavy atom. The van der Waals surface area contributed by atoms with Gasteiger partial charge in [-0.2, -0.15) is 4.98 Å². The first-order valence-corrected chi connectivity index (χ1v) is 5.28. The van der Waals surface area contributed by atoms with E-state index >= 15 is 0 Å². The molecule has 1 aromatic carbocycles. The fraction of sp³-hybridized carbons (Fsp3) is 0.200. The predicted octanol–water partition coefficient (Wildman–Crippen LogP) is 2.36. The van der Waals surface area contributed by atoms with Crippen LogP contribution in [0, 0.1) is 21.8 Å². The molecule has 1 aromatic heterocycles. The zero-order valence-electron chi connectivity index (χ0n) is 9.30. The molecule has 6 nitrogen and oxygen atoms in total. The third kappa shape index (κ3) is 2.09. The molecule has 0 aliphatic heterocycles. The van der Waals surface area contributed by atoms with Crippen molar-refractivity contribution in [2.45, 2.75) is 6.92 Å². The monoisotopic (exact) mass is 250 g/mol. The molecule has 88 valence electrons. The SMILES string of the molecule is Cc1ccc([N+](=O)[O-])c(-c2nc(=S)n(C)[nH]2)c1. The van der Waals surface area contributed by atoms with Crippen LogP contribution in [0.2, 0.25) is 0 Å². The van der Waals surface area contributed by atoms with Gasteiger partial charge in [0, 0.05) is 13.1 Å². The first-order chi connectivity index (χ1) is 7.99. The maximum absolute atomic E-state index is 10.9. The van der Waals surface area contributed by atoms with Crippen molar-refractivity contribution >= 4 is 17.9 Å². The van der Waals surface area contributed by atoms with Gasteiger partial charge in [0.1, 0.15) is 0 Å². The molecule has 0 atom stereocenters. The second kappa shape index (κ2) is 4.10. The van der Waals surface area contributed by atoms with Crippen molar-refractivity contribution in [3.63, 3.8) is 0 Å². The Morgan fingerprint density at radius 1 is 1.53 bits per heavy atom. The van der Waals surface area contributed by atoms with E-state index in [9.17, 15) is 10.1 Å². The zero-order valence-corrected chi connectivity index (χ0v) is 10.1. The summed E-state index contributed by atoms with van der Waals surface area (Å²) in [7, 11) is 1.71. The lowest BCUT2D eigenvalue weighted by Crippen LogP contribution is -1.95. The maximum Gasteiger partial charge on any atom is 0.280 e. The van der Waals surface area contributed by atoms with E-state index in [1.54, 1.807) is 19.2 Å². The van der Waals surface area contributed by atoms with Gasteiger partial charge in [0.05, 0.1) is 10.5 Å². The molecule has 0 bridgehead atoms. The Balaban J connectivity index is 2.68. The zero-order chi connectivity index (χ0) is 12.6. The minimum Gasteiger partial charge on any atom is -0.279 e. The number of nitrogens with zero attached hydrogens (tertiary/aromatic N) is 3. The highest BCUT2D eigenvalue weighted by Gasteiger charge is 2.17. The molecule has 0 saturated heterocycles. The first-order valence-electron chi connectivity index (χ1n) is 4.87. The molecule has 0 fully saturated rings. The van der Waals surface area contributed by atoms with Gasteiger partial charge in [-0.3, -0.25) is 19.9 Å². The molecule has 0 amide bonds. The first kappa shape index (κ1) is 11.5. The van der Waals surface area contributed by atoms with Crippen LogP contribution in [0.25, 0.3) is 11.4 Å². The number of rotatable bonds is 2. The number of H-pyrrole nitrogens is 1. The number of aryl methyl sites for hydroxylation is 2. The molecule has 17 heavy (non-hydrogen) atoms. The van der Waals surface area contributed by atoms with Gasteiger partial charge in [0.15, 0.2) is 5.82 Å². The molecule has 0 aliphatic carbocycles. The van der Waals surface area contributed by atoms with Crippen LogP contribution in [0.4, 0.5) is 5.69 Å². The van der Waals surface area contributed by atoms with E-state index in [1.165, 1.54) is 10.7 Å². The molecule has 0 unspecified atom stereocenters. The topological polar surface area (TPSA) is 76.8 Å². The summed E-state index contributed by atoms with van der Waals surface area (Å²) in [6.07, 6.45) is 0. The van der Waals surface area contributed by atoms with Gasteiger partial charge < -0.3 is 0 Å². The van der Waals surface area contributed by atoms with E-state index in [1.807, 2.05) is 6.92 Å². The van der Waals surface area contributed by atoms with Gasteiger partial charge in [-0.05, 0) is 30.8 Å². The lowest BCUT2D eigenvalue weighted by Gasteiger charge is -2.00. The third-order valence-corrected chi connectivity index (χ3v) is 2.74. The molecule has 7 heteroatoms. The minimum atomic E-state index is -0.430. The van der Waals surface area contributed by atoms with Crippen LogP contribution in [-0.4, -0.2) is 19.7 Å². The van der Waals surface area contributed by atoms with Crippen molar-refractivity contribution < 1.29 is 4.92 Å². The van der Waals surface area contributed by atoms with E-state index in [4.69, 9.17) is 12.2 Å². The Kier molecular flexibility index (Phi) is 2.76. The average Bonchev–Trinajstić information content (AvgIpc) is 2.58. The number of nitrogens with one attached hydrogen (secondary N) is 1. The third-order valence-electron chi connectivity index (χ3n) is 2.37. The van der Waals surface area contributed by atoms with Crippen molar-refractivity contribution in [2.24, 2.45) is 7.05 Å². The number of benzene rings is 1. The summed E-state index contributed by atoms with van der Waals surface area (Å²) in [6.45, 7) is 1.87. The average molecular weight is 250 g/mol.